The van der Waals surface area contributed by atoms with Gasteiger partial charge in [-0.3, -0.25) is 0 Å². The number of halogens is 1. The SMILES string of the molecule is Cc1cc(S(C)(=O)=O)ccc1Nc1c(F)cccc1C(=O)O. The van der Waals surface area contributed by atoms with Crippen molar-refractivity contribution in [2.24, 2.45) is 0 Å². The zero-order valence-corrected chi connectivity index (χ0v) is 12.7. The average Bonchev–Trinajstić information content (AvgIpc) is 2.41. The number of carboxylic acids is 1. The molecular weight excluding hydrogens is 309 g/mol. The molecule has 2 rings (SSSR count). The largest absolute Gasteiger partial charge is 0.478 e. The van der Waals surface area contributed by atoms with Crippen molar-refractivity contribution < 1.29 is 22.7 Å². The zero-order chi connectivity index (χ0) is 16.5. The Morgan fingerprint density at radius 2 is 1.91 bits per heavy atom. The lowest BCUT2D eigenvalue weighted by Crippen LogP contribution is -2.06. The van der Waals surface area contributed by atoms with Crippen molar-refractivity contribution in [3.05, 3.63) is 53.3 Å². The van der Waals surface area contributed by atoms with E-state index in [0.29, 0.717) is 11.3 Å². The molecular formula is C15H14FNO4S. The van der Waals surface area contributed by atoms with Crippen molar-refractivity contribution in [2.75, 3.05) is 11.6 Å². The molecule has 0 amide bonds. The van der Waals surface area contributed by atoms with Gasteiger partial charge in [-0.25, -0.2) is 17.6 Å². The number of rotatable bonds is 4. The monoisotopic (exact) mass is 323 g/mol. The van der Waals surface area contributed by atoms with Crippen LogP contribution in [0.5, 0.6) is 0 Å². The molecule has 22 heavy (non-hydrogen) atoms. The van der Waals surface area contributed by atoms with Crippen LogP contribution >= 0.6 is 0 Å². The van der Waals surface area contributed by atoms with Crippen LogP contribution < -0.4 is 5.32 Å². The molecule has 0 heterocycles. The van der Waals surface area contributed by atoms with Crippen LogP contribution in [-0.4, -0.2) is 25.7 Å². The van der Waals surface area contributed by atoms with Gasteiger partial charge in [-0.05, 0) is 42.8 Å². The maximum Gasteiger partial charge on any atom is 0.337 e. The summed E-state index contributed by atoms with van der Waals surface area (Å²) in [4.78, 5) is 11.3. The third-order valence-electron chi connectivity index (χ3n) is 3.13. The van der Waals surface area contributed by atoms with Crippen LogP contribution in [0.15, 0.2) is 41.3 Å². The van der Waals surface area contributed by atoms with E-state index in [9.17, 15) is 17.6 Å². The van der Waals surface area contributed by atoms with Crippen LogP contribution in [0.3, 0.4) is 0 Å². The third kappa shape index (κ3) is 3.25. The summed E-state index contributed by atoms with van der Waals surface area (Å²) in [6.45, 7) is 1.65. The lowest BCUT2D eigenvalue weighted by Gasteiger charge is -2.13. The van der Waals surface area contributed by atoms with E-state index in [1.165, 1.54) is 30.3 Å². The van der Waals surface area contributed by atoms with Gasteiger partial charge in [-0.1, -0.05) is 6.07 Å². The topological polar surface area (TPSA) is 83.5 Å². The van der Waals surface area contributed by atoms with E-state index in [1.54, 1.807) is 6.92 Å². The van der Waals surface area contributed by atoms with E-state index in [-0.39, 0.29) is 16.1 Å². The minimum Gasteiger partial charge on any atom is -0.478 e. The molecule has 0 atom stereocenters. The average molecular weight is 323 g/mol. The molecule has 0 fully saturated rings. The first-order valence-electron chi connectivity index (χ1n) is 6.29. The smallest absolute Gasteiger partial charge is 0.337 e. The quantitative estimate of drug-likeness (QED) is 0.904. The van der Waals surface area contributed by atoms with Crippen molar-refractivity contribution in [1.29, 1.82) is 0 Å². The number of para-hydroxylation sites is 1. The first-order valence-corrected chi connectivity index (χ1v) is 8.19. The summed E-state index contributed by atoms with van der Waals surface area (Å²) in [6, 6.07) is 8.04. The second-order valence-corrected chi connectivity index (χ2v) is 6.86. The van der Waals surface area contributed by atoms with Gasteiger partial charge in [0.15, 0.2) is 9.84 Å². The van der Waals surface area contributed by atoms with E-state index in [2.05, 4.69) is 5.32 Å². The van der Waals surface area contributed by atoms with Gasteiger partial charge in [0, 0.05) is 11.9 Å². The number of sulfone groups is 1. The van der Waals surface area contributed by atoms with Gasteiger partial charge in [0.2, 0.25) is 0 Å². The van der Waals surface area contributed by atoms with E-state index in [4.69, 9.17) is 5.11 Å². The van der Waals surface area contributed by atoms with E-state index in [1.807, 2.05) is 0 Å². The van der Waals surface area contributed by atoms with Crippen LogP contribution in [0.2, 0.25) is 0 Å². The molecule has 2 aromatic carbocycles. The number of benzene rings is 2. The molecule has 0 aliphatic heterocycles. The Balaban J connectivity index is 2.47. The Labute approximate surface area is 127 Å². The summed E-state index contributed by atoms with van der Waals surface area (Å²) >= 11 is 0. The van der Waals surface area contributed by atoms with Gasteiger partial charge in [0.1, 0.15) is 5.82 Å². The Hall–Kier alpha value is -2.41. The van der Waals surface area contributed by atoms with Crippen LogP contribution in [0.4, 0.5) is 15.8 Å². The van der Waals surface area contributed by atoms with Gasteiger partial charge < -0.3 is 10.4 Å². The maximum atomic E-state index is 13.9. The molecule has 0 unspecified atom stereocenters. The molecule has 0 saturated carbocycles. The molecule has 0 aliphatic rings. The Bertz CT molecular complexity index is 847. The summed E-state index contributed by atoms with van der Waals surface area (Å²) in [6.07, 6.45) is 1.09. The standard InChI is InChI=1S/C15H14FNO4S/c1-9-8-10(22(2,20)21)6-7-13(9)17-14-11(15(18)19)4-3-5-12(14)16/h3-8,17H,1-2H3,(H,18,19). The van der Waals surface area contributed by atoms with Crippen LogP contribution in [0.1, 0.15) is 15.9 Å². The maximum absolute atomic E-state index is 13.9. The molecule has 0 aliphatic carbocycles. The minimum atomic E-state index is -3.34. The number of aryl methyl sites for hydroxylation is 1. The summed E-state index contributed by atoms with van der Waals surface area (Å²) in [5.74, 6) is -1.96. The van der Waals surface area contributed by atoms with Gasteiger partial charge >= 0.3 is 5.97 Å². The van der Waals surface area contributed by atoms with E-state index in [0.717, 1.165) is 12.3 Å². The van der Waals surface area contributed by atoms with Gasteiger partial charge in [-0.2, -0.15) is 0 Å². The predicted octanol–water partition coefficient (Wildman–Crippen LogP) is 2.98. The molecule has 5 nitrogen and oxygen atoms in total. The molecule has 116 valence electrons. The number of nitrogens with one attached hydrogen (secondary N) is 1. The lowest BCUT2D eigenvalue weighted by molar-refractivity contribution is 0.0697. The fourth-order valence-electron chi connectivity index (χ4n) is 1.97. The number of carboxylic acid groups (broad SMARTS) is 1. The minimum absolute atomic E-state index is 0.141. The Morgan fingerprint density at radius 3 is 2.45 bits per heavy atom. The molecule has 2 N–H and O–H groups in total. The molecule has 0 saturated heterocycles. The second kappa shape index (κ2) is 5.76. The van der Waals surface area contributed by atoms with E-state index < -0.39 is 21.6 Å². The molecule has 0 spiro atoms. The number of hydrogen-bond acceptors (Lipinski definition) is 4. The van der Waals surface area contributed by atoms with Crippen LogP contribution in [0.25, 0.3) is 0 Å². The third-order valence-corrected chi connectivity index (χ3v) is 4.24. The number of aromatic carboxylic acids is 1. The van der Waals surface area contributed by atoms with E-state index >= 15 is 0 Å². The van der Waals surface area contributed by atoms with Crippen molar-refractivity contribution in [1.82, 2.24) is 0 Å². The highest BCUT2D eigenvalue weighted by Crippen LogP contribution is 2.27. The normalized spacial score (nSPS) is 11.2. The van der Waals surface area contributed by atoms with Crippen molar-refractivity contribution in [3.63, 3.8) is 0 Å². The number of hydrogen-bond donors (Lipinski definition) is 2. The Kier molecular flexibility index (Phi) is 4.18. The second-order valence-electron chi connectivity index (χ2n) is 4.84. The molecule has 7 heteroatoms. The zero-order valence-electron chi connectivity index (χ0n) is 11.9. The highest BCUT2D eigenvalue weighted by molar-refractivity contribution is 7.90. The summed E-state index contributed by atoms with van der Waals surface area (Å²) < 4.78 is 36.9. The summed E-state index contributed by atoms with van der Waals surface area (Å²) in [5.41, 5.74) is 0.624. The highest BCUT2D eigenvalue weighted by Gasteiger charge is 2.16. The molecule has 0 bridgehead atoms. The molecule has 0 radical (unpaired) electrons. The number of carbonyl (C=O) groups is 1. The summed E-state index contributed by atoms with van der Waals surface area (Å²) in [5, 5.41) is 11.8. The van der Waals surface area contributed by atoms with Crippen molar-refractivity contribution in [2.45, 2.75) is 11.8 Å². The Morgan fingerprint density at radius 1 is 1.23 bits per heavy atom. The van der Waals surface area contributed by atoms with Crippen molar-refractivity contribution >= 4 is 27.2 Å². The highest BCUT2D eigenvalue weighted by atomic mass is 32.2. The van der Waals surface area contributed by atoms with Crippen LogP contribution in [-0.2, 0) is 9.84 Å². The predicted molar refractivity (Wildman–Crippen MR) is 80.9 cm³/mol. The fraction of sp³-hybridized carbons (Fsp3) is 0.133. The van der Waals surface area contributed by atoms with Gasteiger partial charge in [0.05, 0.1) is 16.1 Å². The van der Waals surface area contributed by atoms with Gasteiger partial charge in [-0.15, -0.1) is 0 Å². The first kappa shape index (κ1) is 16.0. The first-order chi connectivity index (χ1) is 10.2. The van der Waals surface area contributed by atoms with Crippen LogP contribution in [0, 0.1) is 12.7 Å². The molecule has 2 aromatic rings. The van der Waals surface area contributed by atoms with Crippen molar-refractivity contribution in [3.8, 4) is 0 Å². The molecule has 0 aromatic heterocycles. The number of anilines is 2. The van der Waals surface area contributed by atoms with Gasteiger partial charge in [0.25, 0.3) is 0 Å². The lowest BCUT2D eigenvalue weighted by atomic mass is 10.1. The fourth-order valence-corrected chi connectivity index (χ4v) is 2.68. The summed E-state index contributed by atoms with van der Waals surface area (Å²) in [7, 11) is -3.34.